The third-order valence-corrected chi connectivity index (χ3v) is 5.20. The molecular weight excluding hydrogens is 344 g/mol. The van der Waals surface area contributed by atoms with Crippen LogP contribution in [0, 0.1) is 0 Å². The molecule has 2 aromatic heterocycles. The first kappa shape index (κ1) is 17.7. The van der Waals surface area contributed by atoms with Gasteiger partial charge < -0.3 is 14.8 Å². The number of hydrogen-bond acceptors (Lipinski definition) is 6. The van der Waals surface area contributed by atoms with Crippen LogP contribution in [0.2, 0.25) is 0 Å². The summed E-state index contributed by atoms with van der Waals surface area (Å²) in [5, 5.41) is 0. The van der Waals surface area contributed by atoms with Gasteiger partial charge in [-0.15, -0.1) is 0 Å². The largest absolute Gasteiger partial charge is 0.356 e. The molecule has 2 aliphatic rings. The minimum atomic E-state index is -0.0111. The van der Waals surface area contributed by atoms with Crippen molar-refractivity contribution in [3.05, 3.63) is 42.0 Å². The van der Waals surface area contributed by atoms with Gasteiger partial charge >= 0.3 is 0 Å². The smallest absolute Gasteiger partial charge is 0.270 e. The Labute approximate surface area is 158 Å². The normalized spacial score (nSPS) is 18.1. The van der Waals surface area contributed by atoms with Crippen LogP contribution in [-0.2, 0) is 0 Å². The molecule has 0 radical (unpaired) electrons. The Bertz CT molecular complexity index is 792. The van der Waals surface area contributed by atoms with E-state index in [1.807, 2.05) is 4.90 Å². The number of aromatic nitrogens is 3. The van der Waals surface area contributed by atoms with Crippen LogP contribution in [0.25, 0.3) is 0 Å². The second-order valence-electron chi connectivity index (χ2n) is 7.04. The molecule has 2 fully saturated rings. The summed E-state index contributed by atoms with van der Waals surface area (Å²) in [5.41, 5.74) is 1.08. The Morgan fingerprint density at radius 1 is 1.00 bits per heavy atom. The fraction of sp³-hybridized carbons (Fsp3) is 0.474. The first-order valence-corrected chi connectivity index (χ1v) is 9.46. The summed E-state index contributed by atoms with van der Waals surface area (Å²) >= 11 is 0. The Hall–Kier alpha value is -2.74. The van der Waals surface area contributed by atoms with Crippen molar-refractivity contribution in [2.45, 2.75) is 12.8 Å². The van der Waals surface area contributed by atoms with E-state index in [9.17, 15) is 9.59 Å². The summed E-state index contributed by atoms with van der Waals surface area (Å²) < 4.78 is 0. The molecule has 27 heavy (non-hydrogen) atoms. The van der Waals surface area contributed by atoms with Gasteiger partial charge in [0.1, 0.15) is 5.69 Å². The molecule has 0 spiro atoms. The number of aromatic amines is 1. The maximum atomic E-state index is 12.6. The van der Waals surface area contributed by atoms with Gasteiger partial charge in [0.25, 0.3) is 5.91 Å². The van der Waals surface area contributed by atoms with Gasteiger partial charge in [-0.3, -0.25) is 14.5 Å². The van der Waals surface area contributed by atoms with Crippen LogP contribution in [0.4, 0.5) is 5.95 Å². The maximum absolute atomic E-state index is 12.6. The van der Waals surface area contributed by atoms with Crippen molar-refractivity contribution in [1.82, 2.24) is 24.8 Å². The maximum Gasteiger partial charge on any atom is 0.270 e. The van der Waals surface area contributed by atoms with Crippen LogP contribution in [-0.4, -0.2) is 82.3 Å². The lowest BCUT2D eigenvalue weighted by Gasteiger charge is -2.34. The summed E-state index contributed by atoms with van der Waals surface area (Å²) in [6.45, 7) is 5.12. The molecule has 142 valence electrons. The minimum absolute atomic E-state index is 0.0111. The minimum Gasteiger partial charge on any atom is -0.356 e. The summed E-state index contributed by atoms with van der Waals surface area (Å²) in [4.78, 5) is 42.6. The van der Waals surface area contributed by atoms with E-state index in [1.165, 1.54) is 0 Å². The lowest BCUT2D eigenvalue weighted by atomic mass is 10.2. The van der Waals surface area contributed by atoms with E-state index in [2.05, 4.69) is 24.8 Å². The van der Waals surface area contributed by atoms with E-state index in [1.54, 1.807) is 30.7 Å². The van der Waals surface area contributed by atoms with Gasteiger partial charge in [0.2, 0.25) is 5.95 Å². The van der Waals surface area contributed by atoms with Gasteiger partial charge in [0, 0.05) is 63.4 Å². The highest BCUT2D eigenvalue weighted by atomic mass is 16.2. The van der Waals surface area contributed by atoms with E-state index >= 15 is 0 Å². The summed E-state index contributed by atoms with van der Waals surface area (Å²) in [6, 6.07) is 3.50. The van der Waals surface area contributed by atoms with Gasteiger partial charge in [0.15, 0.2) is 5.78 Å². The molecule has 0 unspecified atom stereocenters. The third-order valence-electron chi connectivity index (χ3n) is 5.20. The van der Waals surface area contributed by atoms with Crippen LogP contribution in [0.15, 0.2) is 30.7 Å². The molecule has 8 heteroatoms. The number of carbonyl (C=O) groups excluding carboxylic acids is 2. The molecule has 0 atom stereocenters. The topological polar surface area (TPSA) is 85.4 Å². The standard InChI is InChI=1S/C19H24N6O2/c26-17(15-12-16(22-13-15)18(27)24-6-1-2-7-24)14-23-8-10-25(11-9-23)19-20-4-3-5-21-19/h3-5,12-13,22H,1-2,6-11,14H2. The number of nitrogens with one attached hydrogen (secondary N) is 1. The van der Waals surface area contributed by atoms with Crippen molar-refractivity contribution in [1.29, 1.82) is 0 Å². The monoisotopic (exact) mass is 368 g/mol. The van der Waals surface area contributed by atoms with E-state index in [0.29, 0.717) is 17.8 Å². The van der Waals surface area contributed by atoms with Crippen LogP contribution in [0.3, 0.4) is 0 Å². The number of likely N-dealkylation sites (tertiary alicyclic amines) is 1. The lowest BCUT2D eigenvalue weighted by molar-refractivity contribution is 0.0787. The van der Waals surface area contributed by atoms with Crippen molar-refractivity contribution < 1.29 is 9.59 Å². The van der Waals surface area contributed by atoms with Crippen LogP contribution in [0.1, 0.15) is 33.7 Å². The number of nitrogens with zero attached hydrogens (tertiary/aromatic N) is 5. The molecule has 4 heterocycles. The zero-order valence-corrected chi connectivity index (χ0v) is 15.3. The SMILES string of the molecule is O=C(CN1CCN(c2ncccn2)CC1)c1c[nH]c(C(=O)N2CCCC2)c1. The first-order valence-electron chi connectivity index (χ1n) is 9.46. The van der Waals surface area contributed by atoms with Crippen molar-refractivity contribution >= 4 is 17.6 Å². The van der Waals surface area contributed by atoms with E-state index in [-0.39, 0.29) is 11.7 Å². The predicted octanol–water partition coefficient (Wildman–Crippen LogP) is 1.05. The number of carbonyl (C=O) groups is 2. The van der Waals surface area contributed by atoms with Gasteiger partial charge in [-0.2, -0.15) is 0 Å². The number of anilines is 1. The molecule has 0 aliphatic carbocycles. The molecule has 0 saturated carbocycles. The number of H-pyrrole nitrogens is 1. The molecule has 2 aliphatic heterocycles. The number of piperazine rings is 1. The van der Waals surface area contributed by atoms with E-state index in [0.717, 1.165) is 58.1 Å². The highest BCUT2D eigenvalue weighted by molar-refractivity contribution is 6.01. The zero-order valence-electron chi connectivity index (χ0n) is 15.3. The van der Waals surface area contributed by atoms with Crippen LogP contribution < -0.4 is 4.90 Å². The Balaban J connectivity index is 1.30. The van der Waals surface area contributed by atoms with Gasteiger partial charge in [-0.25, -0.2) is 9.97 Å². The first-order chi connectivity index (χ1) is 13.2. The average Bonchev–Trinajstić information content (AvgIpc) is 3.41. The number of Topliss-reactive ketones (excluding diaryl/α,β-unsaturated/α-hetero) is 1. The average molecular weight is 368 g/mol. The molecule has 1 amide bonds. The van der Waals surface area contributed by atoms with Crippen molar-refractivity contribution in [3.63, 3.8) is 0 Å². The summed E-state index contributed by atoms with van der Waals surface area (Å²) in [5.74, 6) is 0.762. The van der Waals surface area contributed by atoms with Crippen molar-refractivity contribution in [3.8, 4) is 0 Å². The molecule has 1 N–H and O–H groups in total. The number of amides is 1. The highest BCUT2D eigenvalue weighted by Gasteiger charge is 2.24. The second-order valence-corrected chi connectivity index (χ2v) is 7.04. The van der Waals surface area contributed by atoms with Crippen LogP contribution in [0.5, 0.6) is 0 Å². The Morgan fingerprint density at radius 2 is 1.70 bits per heavy atom. The molecule has 2 aromatic rings. The van der Waals surface area contributed by atoms with Gasteiger partial charge in [-0.05, 0) is 25.0 Å². The van der Waals surface area contributed by atoms with E-state index in [4.69, 9.17) is 0 Å². The van der Waals surface area contributed by atoms with Gasteiger partial charge in [-0.1, -0.05) is 0 Å². The molecule has 4 rings (SSSR count). The zero-order chi connectivity index (χ0) is 18.6. The molecule has 2 saturated heterocycles. The molecule has 0 bridgehead atoms. The molecule has 8 nitrogen and oxygen atoms in total. The highest BCUT2D eigenvalue weighted by Crippen LogP contribution is 2.15. The van der Waals surface area contributed by atoms with Crippen LogP contribution >= 0.6 is 0 Å². The number of hydrogen-bond donors (Lipinski definition) is 1. The van der Waals surface area contributed by atoms with Crippen molar-refractivity contribution in [2.75, 3.05) is 50.7 Å². The summed E-state index contributed by atoms with van der Waals surface area (Å²) in [6.07, 6.45) is 7.24. The molecule has 0 aromatic carbocycles. The lowest BCUT2D eigenvalue weighted by Crippen LogP contribution is -2.48. The number of ketones is 1. The fourth-order valence-electron chi connectivity index (χ4n) is 3.62. The predicted molar refractivity (Wildman–Crippen MR) is 101 cm³/mol. The van der Waals surface area contributed by atoms with Crippen molar-refractivity contribution in [2.24, 2.45) is 0 Å². The Kier molecular flexibility index (Phi) is 5.15. The number of rotatable bonds is 5. The second kappa shape index (κ2) is 7.87. The fourth-order valence-corrected chi connectivity index (χ4v) is 3.62. The Morgan fingerprint density at radius 3 is 2.41 bits per heavy atom. The third kappa shape index (κ3) is 4.00. The van der Waals surface area contributed by atoms with E-state index < -0.39 is 0 Å². The van der Waals surface area contributed by atoms with Gasteiger partial charge in [0.05, 0.1) is 6.54 Å². The molecular formula is C19H24N6O2. The summed E-state index contributed by atoms with van der Waals surface area (Å²) in [7, 11) is 0. The quantitative estimate of drug-likeness (QED) is 0.794.